The lowest BCUT2D eigenvalue weighted by Gasteiger charge is -2.19. The molecule has 2 aromatic carbocycles. The van der Waals surface area contributed by atoms with E-state index in [1.54, 1.807) is 36.4 Å². The quantitative estimate of drug-likeness (QED) is 0.569. The highest BCUT2D eigenvalue weighted by Gasteiger charge is 2.30. The van der Waals surface area contributed by atoms with Crippen LogP contribution in [-0.2, 0) is 9.84 Å². The smallest absolute Gasteiger partial charge is 0.226 e. The predicted molar refractivity (Wildman–Crippen MR) is 106 cm³/mol. The summed E-state index contributed by atoms with van der Waals surface area (Å²) in [6.07, 6.45) is 2.70. The summed E-state index contributed by atoms with van der Waals surface area (Å²) in [5.74, 6) is 0. The molecule has 0 atom stereocenters. The van der Waals surface area contributed by atoms with Crippen LogP contribution in [0.25, 0.3) is 14.7 Å². The van der Waals surface area contributed by atoms with E-state index in [0.29, 0.717) is 16.7 Å². The zero-order chi connectivity index (χ0) is 20.3. The van der Waals surface area contributed by atoms with Gasteiger partial charge in [-0.1, -0.05) is 42.0 Å². The summed E-state index contributed by atoms with van der Waals surface area (Å²) in [6.45, 7) is 9.11. The SMILES string of the molecule is [C-]#[N+]/C(C#N)=C1\C=C(c2ccc(C)cc2)S(=O)(=O)C(c2ccc(C#N)cc2)=C1. The first-order chi connectivity index (χ1) is 13.4. The minimum Gasteiger partial charge on any atom is -0.226 e. The van der Waals surface area contributed by atoms with Gasteiger partial charge in [-0.05, 0) is 47.9 Å². The molecule has 0 bridgehead atoms. The molecule has 0 aliphatic carbocycles. The lowest BCUT2D eigenvalue weighted by molar-refractivity contribution is 0.614. The molecule has 3 rings (SSSR count). The number of nitriles is 2. The molecular weight excluding hydrogens is 370 g/mol. The van der Waals surface area contributed by atoms with E-state index in [-0.39, 0.29) is 21.1 Å². The molecule has 5 nitrogen and oxygen atoms in total. The maximum atomic E-state index is 13.3. The van der Waals surface area contributed by atoms with Gasteiger partial charge in [-0.25, -0.2) is 18.5 Å². The van der Waals surface area contributed by atoms with Crippen molar-refractivity contribution in [3.8, 4) is 12.1 Å². The number of hydrogen-bond donors (Lipinski definition) is 0. The average molecular weight is 383 g/mol. The van der Waals surface area contributed by atoms with Crippen LogP contribution < -0.4 is 0 Å². The first-order valence-electron chi connectivity index (χ1n) is 8.18. The maximum absolute atomic E-state index is 13.3. The summed E-state index contributed by atoms with van der Waals surface area (Å²) >= 11 is 0. The molecule has 0 aromatic heterocycles. The third-order valence-corrected chi connectivity index (χ3v) is 6.14. The number of hydrogen-bond acceptors (Lipinski definition) is 4. The number of allylic oxidation sites excluding steroid dienone is 4. The lowest BCUT2D eigenvalue weighted by Crippen LogP contribution is -2.11. The standard InChI is InChI=1S/C22H13N3O2S/c1-15-3-7-17(8-4-15)21-11-19(20(14-24)25-2)12-22(28(21,26)27)18-9-5-16(13-23)6-10-18/h3-12H,1H3/b20-19+. The first-order valence-corrected chi connectivity index (χ1v) is 9.67. The van der Waals surface area contributed by atoms with Gasteiger partial charge in [0.15, 0.2) is 0 Å². The van der Waals surface area contributed by atoms with E-state index in [1.165, 1.54) is 24.3 Å². The van der Waals surface area contributed by atoms with E-state index >= 15 is 0 Å². The average Bonchev–Trinajstić information content (AvgIpc) is 2.70. The molecule has 2 aromatic rings. The van der Waals surface area contributed by atoms with Crippen molar-refractivity contribution in [2.45, 2.75) is 6.92 Å². The Morgan fingerprint density at radius 3 is 1.86 bits per heavy atom. The molecule has 0 N–H and O–H groups in total. The van der Waals surface area contributed by atoms with Crippen LogP contribution in [0.15, 0.2) is 72.0 Å². The summed E-state index contributed by atoms with van der Waals surface area (Å²) in [5.41, 5.74) is 2.30. The summed E-state index contributed by atoms with van der Waals surface area (Å²) in [6, 6.07) is 16.9. The van der Waals surface area contributed by atoms with Gasteiger partial charge in [0.25, 0.3) is 5.70 Å². The summed E-state index contributed by atoms with van der Waals surface area (Å²) < 4.78 is 26.6. The van der Waals surface area contributed by atoms with Gasteiger partial charge in [0.1, 0.15) is 0 Å². The van der Waals surface area contributed by atoms with Crippen LogP contribution in [0.2, 0.25) is 0 Å². The molecule has 0 radical (unpaired) electrons. The summed E-state index contributed by atoms with van der Waals surface area (Å²) in [4.78, 5) is 3.23. The number of benzene rings is 2. The highest BCUT2D eigenvalue weighted by atomic mass is 32.2. The van der Waals surface area contributed by atoms with Crippen molar-refractivity contribution in [1.29, 1.82) is 10.5 Å². The fourth-order valence-electron chi connectivity index (χ4n) is 2.79. The Morgan fingerprint density at radius 2 is 1.43 bits per heavy atom. The monoisotopic (exact) mass is 383 g/mol. The van der Waals surface area contributed by atoms with Gasteiger partial charge in [-0.3, -0.25) is 0 Å². The Kier molecular flexibility index (Phi) is 4.96. The summed E-state index contributed by atoms with van der Waals surface area (Å²) in [7, 11) is -3.89. The summed E-state index contributed by atoms with van der Waals surface area (Å²) in [5, 5.41) is 18.2. The molecule has 6 heteroatoms. The Labute approximate surface area is 163 Å². The van der Waals surface area contributed by atoms with Crippen molar-refractivity contribution in [3.05, 3.63) is 106 Å². The van der Waals surface area contributed by atoms with Crippen molar-refractivity contribution in [2.24, 2.45) is 0 Å². The minimum absolute atomic E-state index is 0.0125. The van der Waals surface area contributed by atoms with Gasteiger partial charge >= 0.3 is 0 Å². The molecule has 0 amide bonds. The number of nitrogens with zero attached hydrogens (tertiary/aromatic N) is 3. The fraction of sp³-hybridized carbons (Fsp3) is 0.0455. The first kappa shape index (κ1) is 18.9. The normalized spacial score (nSPS) is 16.6. The predicted octanol–water partition coefficient (Wildman–Crippen LogP) is 4.37. The van der Waals surface area contributed by atoms with Crippen molar-refractivity contribution in [2.75, 3.05) is 0 Å². The maximum Gasteiger partial charge on any atom is 0.269 e. The van der Waals surface area contributed by atoms with Crippen molar-refractivity contribution in [3.63, 3.8) is 0 Å². The highest BCUT2D eigenvalue weighted by Crippen LogP contribution is 2.39. The lowest BCUT2D eigenvalue weighted by atomic mass is 10.1. The van der Waals surface area contributed by atoms with Gasteiger partial charge in [0.05, 0.1) is 34.1 Å². The molecule has 1 heterocycles. The molecule has 1 aliphatic heterocycles. The number of rotatable bonds is 2. The van der Waals surface area contributed by atoms with Gasteiger partial charge in [0, 0.05) is 0 Å². The van der Waals surface area contributed by atoms with Crippen molar-refractivity contribution in [1.82, 2.24) is 0 Å². The Balaban J connectivity index is 2.29. The zero-order valence-corrected chi connectivity index (χ0v) is 15.7. The number of sulfone groups is 1. The molecule has 0 fully saturated rings. The Morgan fingerprint density at radius 1 is 0.929 bits per heavy atom. The van der Waals surface area contributed by atoms with Crippen LogP contribution in [0.3, 0.4) is 0 Å². The van der Waals surface area contributed by atoms with E-state index in [0.717, 1.165) is 5.56 Å². The molecule has 0 unspecified atom stereocenters. The molecule has 0 spiro atoms. The van der Waals surface area contributed by atoms with Crippen molar-refractivity contribution < 1.29 is 8.42 Å². The third kappa shape index (κ3) is 3.35. The molecule has 0 saturated heterocycles. The number of aryl methyl sites for hydroxylation is 1. The zero-order valence-electron chi connectivity index (χ0n) is 14.8. The van der Waals surface area contributed by atoms with Crippen LogP contribution in [-0.4, -0.2) is 8.42 Å². The van der Waals surface area contributed by atoms with E-state index in [1.807, 2.05) is 19.1 Å². The molecular formula is C22H13N3O2S. The topological polar surface area (TPSA) is 86.1 Å². The van der Waals surface area contributed by atoms with Crippen LogP contribution in [0.4, 0.5) is 0 Å². The second-order valence-corrected chi connectivity index (χ2v) is 7.99. The third-order valence-electron chi connectivity index (χ3n) is 4.28. The van der Waals surface area contributed by atoms with Crippen LogP contribution in [0.1, 0.15) is 22.3 Å². The van der Waals surface area contributed by atoms with Crippen LogP contribution >= 0.6 is 0 Å². The van der Waals surface area contributed by atoms with Gasteiger partial charge in [-0.2, -0.15) is 5.26 Å². The Hall–Kier alpha value is -3.92. The molecule has 1 aliphatic rings. The molecule has 0 saturated carbocycles. The van der Waals surface area contributed by atoms with Crippen molar-refractivity contribution >= 4 is 19.6 Å². The molecule has 134 valence electrons. The largest absolute Gasteiger partial charge is 0.269 e. The van der Waals surface area contributed by atoms with E-state index in [2.05, 4.69) is 4.85 Å². The van der Waals surface area contributed by atoms with Crippen LogP contribution in [0.5, 0.6) is 0 Å². The van der Waals surface area contributed by atoms with Gasteiger partial charge < -0.3 is 0 Å². The molecule has 28 heavy (non-hydrogen) atoms. The Bertz CT molecular complexity index is 1260. The second-order valence-electron chi connectivity index (χ2n) is 6.10. The minimum atomic E-state index is -3.89. The highest BCUT2D eigenvalue weighted by molar-refractivity contribution is 8.09. The van der Waals surface area contributed by atoms with E-state index < -0.39 is 9.84 Å². The second kappa shape index (κ2) is 7.37. The van der Waals surface area contributed by atoms with E-state index in [9.17, 15) is 13.7 Å². The van der Waals surface area contributed by atoms with E-state index in [4.69, 9.17) is 11.8 Å². The van der Waals surface area contributed by atoms with Crippen LogP contribution in [0, 0.1) is 36.2 Å². The fourth-order valence-corrected chi connectivity index (χ4v) is 4.49. The van der Waals surface area contributed by atoms with Gasteiger partial charge in [0.2, 0.25) is 9.84 Å². The van der Waals surface area contributed by atoms with Gasteiger partial charge in [-0.15, -0.1) is 0 Å².